The second-order valence-corrected chi connectivity index (χ2v) is 20.4. The van der Waals surface area contributed by atoms with Crippen molar-refractivity contribution in [3.05, 3.63) is 174 Å². The zero-order chi connectivity index (χ0) is 39.7. The maximum absolute atomic E-state index is 2.68. The Labute approximate surface area is 351 Å². The molecule has 1 spiro atoms. The van der Waals surface area contributed by atoms with Gasteiger partial charge in [-0.15, -0.1) is 0 Å². The molecule has 7 aromatic rings. The third-order valence-electron chi connectivity index (χ3n) is 16.3. The quantitative estimate of drug-likeness (QED) is 0.169. The highest BCUT2D eigenvalue weighted by Crippen LogP contribution is 2.70. The number of hydrogen-bond acceptors (Lipinski definition) is 1. The first-order valence-corrected chi connectivity index (χ1v) is 22.6. The van der Waals surface area contributed by atoms with Crippen molar-refractivity contribution in [2.45, 2.75) is 88.9 Å². The van der Waals surface area contributed by atoms with E-state index in [9.17, 15) is 0 Å². The van der Waals surface area contributed by atoms with Gasteiger partial charge in [0.05, 0.1) is 11.4 Å². The molecule has 0 saturated heterocycles. The summed E-state index contributed by atoms with van der Waals surface area (Å²) < 4.78 is 0. The summed E-state index contributed by atoms with van der Waals surface area (Å²) in [5.41, 5.74) is 18.4. The average Bonchev–Trinajstić information content (AvgIpc) is 3.56. The average molecular weight is 766 g/mol. The minimum atomic E-state index is 0.0456. The predicted molar refractivity (Wildman–Crippen MR) is 248 cm³/mol. The molecule has 6 aliphatic rings. The number of nitrogens with zero attached hydrogens (tertiary/aromatic N) is 1. The first-order valence-electron chi connectivity index (χ1n) is 22.6. The SMILES string of the molecule is CC1(C)CCC(C)(C)c2c(N(c3ccc(-c4ccc(-c5cccc6ccccc56)cc4)cc3)c3cccc4c3-c3ccccc3C43C4CC5CC(C4)CC3C5)cccc21. The summed E-state index contributed by atoms with van der Waals surface area (Å²) in [6, 6.07) is 58.3. The van der Waals surface area contributed by atoms with Gasteiger partial charge in [0.25, 0.3) is 0 Å². The lowest BCUT2D eigenvalue weighted by Gasteiger charge is -2.61. The van der Waals surface area contributed by atoms with Crippen LogP contribution in [-0.4, -0.2) is 0 Å². The van der Waals surface area contributed by atoms with Gasteiger partial charge in [-0.2, -0.15) is 0 Å². The number of anilines is 3. The molecule has 0 aromatic heterocycles. The van der Waals surface area contributed by atoms with Crippen LogP contribution in [0.2, 0.25) is 0 Å². The Hall–Kier alpha value is -5.40. The van der Waals surface area contributed by atoms with Crippen molar-refractivity contribution in [2.75, 3.05) is 4.90 Å². The number of benzene rings is 7. The van der Waals surface area contributed by atoms with E-state index in [2.05, 4.69) is 184 Å². The summed E-state index contributed by atoms with van der Waals surface area (Å²) in [5, 5.41) is 2.58. The molecule has 13 rings (SSSR count). The third kappa shape index (κ3) is 5.16. The fraction of sp³-hybridized carbons (Fsp3) is 0.310. The highest BCUT2D eigenvalue weighted by atomic mass is 15.1. The zero-order valence-electron chi connectivity index (χ0n) is 35.1. The van der Waals surface area contributed by atoms with E-state index in [1.165, 1.54) is 117 Å². The molecule has 0 unspecified atom stereocenters. The van der Waals surface area contributed by atoms with Gasteiger partial charge in [-0.05, 0) is 165 Å². The van der Waals surface area contributed by atoms with E-state index >= 15 is 0 Å². The third-order valence-corrected chi connectivity index (χ3v) is 16.3. The maximum atomic E-state index is 2.68. The number of rotatable bonds is 5. The van der Waals surface area contributed by atoms with Crippen LogP contribution >= 0.6 is 0 Å². The van der Waals surface area contributed by atoms with E-state index in [-0.39, 0.29) is 16.2 Å². The molecule has 7 aromatic carbocycles. The van der Waals surface area contributed by atoms with Crippen LogP contribution in [0, 0.1) is 23.7 Å². The minimum Gasteiger partial charge on any atom is -0.310 e. The van der Waals surface area contributed by atoms with Crippen LogP contribution in [0.5, 0.6) is 0 Å². The van der Waals surface area contributed by atoms with E-state index in [0.717, 1.165) is 23.7 Å². The van der Waals surface area contributed by atoms with E-state index in [1.54, 1.807) is 11.1 Å². The van der Waals surface area contributed by atoms with Crippen LogP contribution in [0.4, 0.5) is 17.1 Å². The Balaban J connectivity index is 1.02. The second-order valence-electron chi connectivity index (χ2n) is 20.4. The van der Waals surface area contributed by atoms with E-state index in [1.807, 2.05) is 0 Å². The first kappa shape index (κ1) is 35.5. The van der Waals surface area contributed by atoms with Gasteiger partial charge in [-0.3, -0.25) is 0 Å². The Morgan fingerprint density at radius 2 is 0.983 bits per heavy atom. The summed E-state index contributed by atoms with van der Waals surface area (Å²) >= 11 is 0. The predicted octanol–water partition coefficient (Wildman–Crippen LogP) is 15.7. The van der Waals surface area contributed by atoms with Crippen molar-refractivity contribution < 1.29 is 0 Å². The topological polar surface area (TPSA) is 3.24 Å². The summed E-state index contributed by atoms with van der Waals surface area (Å²) in [6.07, 6.45) is 9.44. The highest BCUT2D eigenvalue weighted by Gasteiger charge is 2.62. The number of hydrogen-bond donors (Lipinski definition) is 0. The highest BCUT2D eigenvalue weighted by molar-refractivity contribution is 5.98. The Morgan fingerprint density at radius 3 is 1.73 bits per heavy atom. The minimum absolute atomic E-state index is 0.0456. The summed E-state index contributed by atoms with van der Waals surface area (Å²) in [4.78, 5) is 2.68. The second kappa shape index (κ2) is 12.8. The standard InChI is InChI=1S/C58H55N/c1-56(2)30-31-57(3,4)55-51(56)19-11-21-53(55)59(45-28-26-40(27-29-45)39-22-24-42(25-23-39)47-16-9-13-41-12-5-6-14-46(41)47)52-20-10-18-50-54(52)48-15-7-8-17-49(48)58(50)43-33-37-32-38(35-43)36-44(58)34-37/h5-29,37-38,43-44H,30-36H2,1-4H3. The molecule has 1 nitrogen and oxygen atoms in total. The molecule has 59 heavy (non-hydrogen) atoms. The van der Waals surface area contributed by atoms with Crippen molar-refractivity contribution in [3.8, 4) is 33.4 Å². The lowest BCUT2D eigenvalue weighted by atomic mass is 9.43. The molecule has 0 atom stereocenters. The molecule has 292 valence electrons. The van der Waals surface area contributed by atoms with E-state index < -0.39 is 0 Å². The molecule has 6 aliphatic carbocycles. The van der Waals surface area contributed by atoms with Gasteiger partial charge in [0, 0.05) is 16.7 Å². The summed E-state index contributed by atoms with van der Waals surface area (Å²) in [6.45, 7) is 9.90. The van der Waals surface area contributed by atoms with Gasteiger partial charge in [-0.25, -0.2) is 0 Å². The molecule has 1 heteroatoms. The fourth-order valence-electron chi connectivity index (χ4n) is 13.8. The number of fused-ring (bicyclic) bond motifs is 5. The molecule has 0 N–H and O–H groups in total. The normalized spacial score (nSPS) is 25.2. The van der Waals surface area contributed by atoms with Gasteiger partial charge >= 0.3 is 0 Å². The van der Waals surface area contributed by atoms with Gasteiger partial charge in [0.1, 0.15) is 0 Å². The molecule has 0 aliphatic heterocycles. The van der Waals surface area contributed by atoms with E-state index in [0.29, 0.717) is 0 Å². The Morgan fingerprint density at radius 1 is 0.441 bits per heavy atom. The summed E-state index contributed by atoms with van der Waals surface area (Å²) in [7, 11) is 0. The van der Waals surface area contributed by atoms with Gasteiger partial charge in [0.2, 0.25) is 0 Å². The molecule has 0 radical (unpaired) electrons. The molecular weight excluding hydrogens is 711 g/mol. The smallest absolute Gasteiger partial charge is 0.0543 e. The van der Waals surface area contributed by atoms with Crippen molar-refractivity contribution in [3.63, 3.8) is 0 Å². The van der Waals surface area contributed by atoms with Crippen LogP contribution in [0.25, 0.3) is 44.2 Å². The van der Waals surface area contributed by atoms with Crippen molar-refractivity contribution in [2.24, 2.45) is 23.7 Å². The van der Waals surface area contributed by atoms with E-state index in [4.69, 9.17) is 0 Å². The van der Waals surface area contributed by atoms with Gasteiger partial charge in [0.15, 0.2) is 0 Å². The van der Waals surface area contributed by atoms with Crippen LogP contribution < -0.4 is 4.90 Å². The van der Waals surface area contributed by atoms with Gasteiger partial charge < -0.3 is 4.90 Å². The Bertz CT molecular complexity index is 2750. The molecule has 4 fully saturated rings. The Kier molecular flexibility index (Phi) is 7.71. The molecule has 4 saturated carbocycles. The summed E-state index contributed by atoms with van der Waals surface area (Å²) in [5.74, 6) is 3.32. The van der Waals surface area contributed by atoms with Crippen molar-refractivity contribution in [1.29, 1.82) is 0 Å². The van der Waals surface area contributed by atoms with Crippen LogP contribution in [0.3, 0.4) is 0 Å². The van der Waals surface area contributed by atoms with Crippen molar-refractivity contribution in [1.82, 2.24) is 0 Å². The molecule has 4 bridgehead atoms. The zero-order valence-corrected chi connectivity index (χ0v) is 35.1. The largest absolute Gasteiger partial charge is 0.310 e. The fourth-order valence-corrected chi connectivity index (χ4v) is 13.8. The molecular formula is C58H55N. The lowest BCUT2D eigenvalue weighted by molar-refractivity contribution is -0.0399. The molecule has 0 amide bonds. The van der Waals surface area contributed by atoms with Crippen LogP contribution in [0.15, 0.2) is 152 Å². The van der Waals surface area contributed by atoms with Crippen LogP contribution in [-0.2, 0) is 16.2 Å². The first-order chi connectivity index (χ1) is 28.7. The molecule has 0 heterocycles. The lowest BCUT2D eigenvalue weighted by Crippen LogP contribution is -2.55. The van der Waals surface area contributed by atoms with Crippen molar-refractivity contribution >= 4 is 27.8 Å². The van der Waals surface area contributed by atoms with Crippen LogP contribution in [0.1, 0.15) is 94.9 Å². The maximum Gasteiger partial charge on any atom is 0.0543 e. The monoisotopic (exact) mass is 765 g/mol. The van der Waals surface area contributed by atoms with Gasteiger partial charge in [-0.1, -0.05) is 155 Å².